The molecule has 0 fully saturated rings. The van der Waals surface area contributed by atoms with E-state index in [1.807, 2.05) is 27.2 Å². The quantitative estimate of drug-likeness (QED) is 0.0277. The SMILES string of the molecule is CCCCCCCCC/C=C\CCCCCCCCCC(=O)NC(COP(=O)([O-])OCC[N+](C)(C)C)C(O)/C=C/CCCCCCCCCCCCCC. The average Bonchev–Trinajstić information content (AvgIpc) is 3.12. The van der Waals surface area contributed by atoms with Crippen molar-refractivity contribution in [2.24, 2.45) is 0 Å². The summed E-state index contributed by atoms with van der Waals surface area (Å²) in [5, 5.41) is 13.8. The van der Waals surface area contributed by atoms with Gasteiger partial charge in [-0.1, -0.05) is 179 Å². The second kappa shape index (κ2) is 37.6. The molecule has 9 heteroatoms. The smallest absolute Gasteiger partial charge is 0.268 e. The number of hydrogen-bond donors (Lipinski definition) is 2. The van der Waals surface area contributed by atoms with Crippen LogP contribution in [0.2, 0.25) is 0 Å². The minimum absolute atomic E-state index is 0.000781. The third kappa shape index (κ3) is 39.2. The lowest BCUT2D eigenvalue weighted by Gasteiger charge is -2.29. The highest BCUT2D eigenvalue weighted by atomic mass is 31.2. The van der Waals surface area contributed by atoms with Crippen LogP contribution in [0.4, 0.5) is 0 Å². The monoisotopic (exact) mass is 785 g/mol. The summed E-state index contributed by atoms with van der Waals surface area (Å²) in [6, 6.07) is -0.885. The molecule has 2 N–H and O–H groups in total. The van der Waals surface area contributed by atoms with Gasteiger partial charge in [0, 0.05) is 6.42 Å². The van der Waals surface area contributed by atoms with Crippen molar-refractivity contribution in [2.45, 2.75) is 219 Å². The molecule has 0 radical (unpaired) electrons. The van der Waals surface area contributed by atoms with E-state index in [1.165, 1.54) is 148 Å². The molecule has 1 amide bonds. The number of carbonyl (C=O) groups is 1. The number of amides is 1. The number of unbranched alkanes of at least 4 members (excludes halogenated alkanes) is 26. The number of phosphoric acid groups is 1. The van der Waals surface area contributed by atoms with Crippen LogP contribution in [-0.2, 0) is 18.4 Å². The first kappa shape index (κ1) is 53.0. The van der Waals surface area contributed by atoms with Gasteiger partial charge in [-0.15, -0.1) is 0 Å². The number of nitrogens with zero attached hydrogens (tertiary/aromatic N) is 1. The molecule has 0 aliphatic carbocycles. The lowest BCUT2D eigenvalue weighted by Crippen LogP contribution is -2.45. The van der Waals surface area contributed by atoms with Crippen molar-refractivity contribution in [1.82, 2.24) is 5.32 Å². The molecule has 0 heterocycles. The maximum atomic E-state index is 12.8. The van der Waals surface area contributed by atoms with Gasteiger partial charge in [-0.3, -0.25) is 9.36 Å². The molecule has 0 aromatic carbocycles. The van der Waals surface area contributed by atoms with Crippen molar-refractivity contribution in [3.8, 4) is 0 Å². The minimum Gasteiger partial charge on any atom is -0.756 e. The highest BCUT2D eigenvalue weighted by Crippen LogP contribution is 2.38. The van der Waals surface area contributed by atoms with Gasteiger partial charge in [-0.25, -0.2) is 0 Å². The first-order chi connectivity index (χ1) is 26.0. The van der Waals surface area contributed by atoms with Crippen LogP contribution in [0.1, 0.15) is 206 Å². The van der Waals surface area contributed by atoms with Crippen molar-refractivity contribution in [2.75, 3.05) is 40.9 Å². The summed E-state index contributed by atoms with van der Waals surface area (Å²) in [5.74, 6) is -0.202. The van der Waals surface area contributed by atoms with Crippen molar-refractivity contribution in [3.05, 3.63) is 24.3 Å². The zero-order chi connectivity index (χ0) is 40.0. The number of quaternary nitrogens is 1. The first-order valence-electron chi connectivity index (χ1n) is 22.7. The lowest BCUT2D eigenvalue weighted by molar-refractivity contribution is -0.870. The van der Waals surface area contributed by atoms with Crippen LogP contribution < -0.4 is 10.2 Å². The summed E-state index contributed by atoms with van der Waals surface area (Å²) in [4.78, 5) is 25.3. The summed E-state index contributed by atoms with van der Waals surface area (Å²) in [5.41, 5.74) is 0. The molecule has 0 saturated carbocycles. The summed E-state index contributed by atoms with van der Waals surface area (Å²) in [6.45, 7) is 4.64. The third-order valence-corrected chi connectivity index (χ3v) is 11.1. The largest absolute Gasteiger partial charge is 0.756 e. The van der Waals surface area contributed by atoms with Gasteiger partial charge in [0.05, 0.1) is 39.9 Å². The second-order valence-electron chi connectivity index (χ2n) is 16.8. The van der Waals surface area contributed by atoms with E-state index in [-0.39, 0.29) is 19.1 Å². The molecule has 3 atom stereocenters. The molecule has 320 valence electrons. The summed E-state index contributed by atoms with van der Waals surface area (Å²) < 4.78 is 23.2. The zero-order valence-electron chi connectivity index (χ0n) is 36.2. The average molecular weight is 785 g/mol. The fourth-order valence-corrected chi connectivity index (χ4v) is 7.22. The Morgan fingerprint density at radius 1 is 0.630 bits per heavy atom. The fraction of sp³-hybridized carbons (Fsp3) is 0.889. The van der Waals surface area contributed by atoms with Crippen molar-refractivity contribution < 1.29 is 32.9 Å². The second-order valence-corrected chi connectivity index (χ2v) is 18.2. The van der Waals surface area contributed by atoms with Crippen molar-refractivity contribution >= 4 is 13.7 Å². The van der Waals surface area contributed by atoms with Gasteiger partial charge in [0.1, 0.15) is 13.2 Å². The number of allylic oxidation sites excluding steroid dienone is 3. The molecule has 0 aromatic rings. The number of likely N-dealkylation sites (N-methyl/N-ethyl adjacent to an activating group) is 1. The van der Waals surface area contributed by atoms with Crippen molar-refractivity contribution in [3.63, 3.8) is 0 Å². The van der Waals surface area contributed by atoms with Crippen LogP contribution in [0.15, 0.2) is 24.3 Å². The van der Waals surface area contributed by atoms with Gasteiger partial charge in [0.2, 0.25) is 5.91 Å². The third-order valence-electron chi connectivity index (χ3n) is 10.2. The number of rotatable bonds is 41. The van der Waals surface area contributed by atoms with Crippen LogP contribution >= 0.6 is 7.82 Å². The Balaban J connectivity index is 4.40. The Bertz CT molecular complexity index is 938. The topological polar surface area (TPSA) is 108 Å². The van der Waals surface area contributed by atoms with E-state index in [0.29, 0.717) is 17.4 Å². The number of phosphoric ester groups is 1. The minimum atomic E-state index is -4.58. The van der Waals surface area contributed by atoms with E-state index >= 15 is 0 Å². The maximum absolute atomic E-state index is 12.8. The molecular formula is C45H89N2O6P. The van der Waals surface area contributed by atoms with Gasteiger partial charge in [-0.2, -0.15) is 0 Å². The number of aliphatic hydroxyl groups is 1. The lowest BCUT2D eigenvalue weighted by atomic mass is 10.0. The predicted molar refractivity (Wildman–Crippen MR) is 228 cm³/mol. The van der Waals surface area contributed by atoms with Gasteiger partial charge in [-0.05, 0) is 44.9 Å². The molecule has 0 aromatic heterocycles. The van der Waals surface area contributed by atoms with Gasteiger partial charge in [0.25, 0.3) is 7.82 Å². The molecule has 0 spiro atoms. The predicted octanol–water partition coefficient (Wildman–Crippen LogP) is 11.9. The van der Waals surface area contributed by atoms with E-state index < -0.39 is 20.0 Å². The van der Waals surface area contributed by atoms with E-state index in [2.05, 4.69) is 31.3 Å². The highest BCUT2D eigenvalue weighted by Gasteiger charge is 2.23. The number of hydrogen-bond acceptors (Lipinski definition) is 6. The van der Waals surface area contributed by atoms with E-state index in [9.17, 15) is 19.4 Å². The Labute approximate surface area is 334 Å². The zero-order valence-corrected chi connectivity index (χ0v) is 37.1. The molecule has 0 saturated heterocycles. The van der Waals surface area contributed by atoms with Gasteiger partial charge >= 0.3 is 0 Å². The fourth-order valence-electron chi connectivity index (χ4n) is 6.50. The maximum Gasteiger partial charge on any atom is 0.268 e. The van der Waals surface area contributed by atoms with Gasteiger partial charge < -0.3 is 28.8 Å². The normalized spacial score (nSPS) is 14.6. The molecule has 3 unspecified atom stereocenters. The van der Waals surface area contributed by atoms with Crippen LogP contribution in [0.5, 0.6) is 0 Å². The Morgan fingerprint density at radius 2 is 1.02 bits per heavy atom. The molecule has 8 nitrogen and oxygen atoms in total. The summed E-state index contributed by atoms with van der Waals surface area (Å²) in [7, 11) is 1.26. The first-order valence-corrected chi connectivity index (χ1v) is 24.2. The van der Waals surface area contributed by atoms with Crippen LogP contribution in [0, 0.1) is 0 Å². The van der Waals surface area contributed by atoms with Crippen LogP contribution in [-0.4, -0.2) is 68.5 Å². The Hall–Kier alpha value is -1.02. The van der Waals surface area contributed by atoms with E-state index in [0.717, 1.165) is 38.5 Å². The molecule has 54 heavy (non-hydrogen) atoms. The number of aliphatic hydroxyl groups excluding tert-OH is 1. The molecule has 0 aliphatic rings. The number of carbonyl (C=O) groups excluding carboxylic acids is 1. The molecule has 0 aliphatic heterocycles. The highest BCUT2D eigenvalue weighted by molar-refractivity contribution is 7.45. The van der Waals surface area contributed by atoms with E-state index in [1.54, 1.807) is 6.08 Å². The summed E-state index contributed by atoms with van der Waals surface area (Å²) >= 11 is 0. The molecule has 0 bridgehead atoms. The standard InChI is InChI=1S/C45H89N2O6P/c1-6-8-10-12-14-16-18-20-22-23-24-25-27-29-31-33-35-37-39-45(49)46-43(42-53-54(50,51)52-41-40-47(3,4)5)44(48)38-36-34-32-30-28-26-21-19-17-15-13-11-9-7-2/h22-23,36,38,43-44,48H,6-21,24-35,37,39-42H2,1-5H3,(H-,46,49,50,51)/b23-22-,38-36+. The van der Waals surface area contributed by atoms with Crippen molar-refractivity contribution in [1.29, 1.82) is 0 Å². The van der Waals surface area contributed by atoms with Crippen LogP contribution in [0.25, 0.3) is 0 Å². The van der Waals surface area contributed by atoms with Crippen LogP contribution in [0.3, 0.4) is 0 Å². The van der Waals surface area contributed by atoms with Gasteiger partial charge in [0.15, 0.2) is 0 Å². The Morgan fingerprint density at radius 3 is 1.44 bits per heavy atom. The number of nitrogens with one attached hydrogen (secondary N) is 1. The van der Waals surface area contributed by atoms with E-state index in [4.69, 9.17) is 9.05 Å². The molecule has 0 rings (SSSR count). The molecular weight excluding hydrogens is 695 g/mol. The Kier molecular flexibility index (Phi) is 36.8. The summed E-state index contributed by atoms with van der Waals surface area (Å²) in [6.07, 6.45) is 43.6.